The summed E-state index contributed by atoms with van der Waals surface area (Å²) in [6.07, 6.45) is 2.38. The average Bonchev–Trinajstić information content (AvgIpc) is 2.72. The van der Waals surface area contributed by atoms with Crippen molar-refractivity contribution in [2.24, 2.45) is 0 Å². The third-order valence-corrected chi connectivity index (χ3v) is 6.46. The molecule has 0 bridgehead atoms. The van der Waals surface area contributed by atoms with Crippen molar-refractivity contribution in [2.45, 2.75) is 37.5 Å². The molecule has 7 heteroatoms. The molecule has 0 radical (unpaired) electrons. The number of rotatable bonds is 10. The Bertz CT molecular complexity index is 1160. The Kier molecular flexibility index (Phi) is 7.41. The number of pyridine rings is 1. The van der Waals surface area contributed by atoms with Crippen LogP contribution in [-0.2, 0) is 21.2 Å². The van der Waals surface area contributed by atoms with Crippen molar-refractivity contribution >= 4 is 32.4 Å². The van der Waals surface area contributed by atoms with Crippen molar-refractivity contribution in [3.63, 3.8) is 0 Å². The maximum Gasteiger partial charge on any atom is 0.261 e. The van der Waals surface area contributed by atoms with Crippen molar-refractivity contribution in [3.8, 4) is 0 Å². The van der Waals surface area contributed by atoms with Crippen LogP contribution in [0, 0.1) is 6.92 Å². The van der Waals surface area contributed by atoms with Gasteiger partial charge in [0.2, 0.25) is 0 Å². The number of aromatic nitrogens is 1. The predicted molar refractivity (Wildman–Crippen MR) is 125 cm³/mol. The Morgan fingerprint density at radius 3 is 2.45 bits per heavy atom. The molecule has 0 aliphatic rings. The summed E-state index contributed by atoms with van der Waals surface area (Å²) in [6, 6.07) is 15.9. The average molecular weight is 440 g/mol. The molecule has 164 valence electrons. The molecule has 2 aromatic carbocycles. The summed E-state index contributed by atoms with van der Waals surface area (Å²) in [5.41, 5.74) is 2.77. The minimum atomic E-state index is -3.73. The maximum atomic E-state index is 12.8. The van der Waals surface area contributed by atoms with Gasteiger partial charge in [-0.3, -0.25) is 14.5 Å². The number of nitrogens with one attached hydrogen (secondary N) is 1. The summed E-state index contributed by atoms with van der Waals surface area (Å²) in [6.45, 7) is 2.80. The largest absolute Gasteiger partial charge is 0.309 e. The van der Waals surface area contributed by atoms with Gasteiger partial charge in [-0.05, 0) is 64.7 Å². The van der Waals surface area contributed by atoms with Gasteiger partial charge in [0.1, 0.15) is 5.78 Å². The molecule has 0 aliphatic heterocycles. The van der Waals surface area contributed by atoms with Crippen LogP contribution in [0.2, 0.25) is 0 Å². The van der Waals surface area contributed by atoms with Crippen LogP contribution in [0.3, 0.4) is 0 Å². The number of carbonyl (C=O) groups excluding carboxylic acids is 1. The van der Waals surface area contributed by atoms with Gasteiger partial charge < -0.3 is 4.90 Å². The molecule has 31 heavy (non-hydrogen) atoms. The quantitative estimate of drug-likeness (QED) is 0.512. The van der Waals surface area contributed by atoms with E-state index in [-0.39, 0.29) is 10.7 Å². The van der Waals surface area contributed by atoms with Gasteiger partial charge in [-0.15, -0.1) is 0 Å². The Hall–Kier alpha value is -2.77. The Morgan fingerprint density at radius 2 is 1.74 bits per heavy atom. The Balaban J connectivity index is 1.76. The van der Waals surface area contributed by atoms with Crippen LogP contribution < -0.4 is 4.72 Å². The lowest BCUT2D eigenvalue weighted by Gasteiger charge is -2.12. The molecule has 0 amide bonds. The van der Waals surface area contributed by atoms with E-state index in [0.717, 1.165) is 29.6 Å². The van der Waals surface area contributed by atoms with Crippen LogP contribution in [0.5, 0.6) is 0 Å². The number of hydrogen-bond donors (Lipinski definition) is 1. The zero-order valence-electron chi connectivity index (χ0n) is 18.3. The number of ketones is 1. The van der Waals surface area contributed by atoms with Crippen LogP contribution in [0.4, 0.5) is 5.69 Å². The summed E-state index contributed by atoms with van der Waals surface area (Å²) in [5.74, 6) is 0.220. The molecule has 0 unspecified atom stereocenters. The number of para-hydroxylation sites is 1. The van der Waals surface area contributed by atoms with E-state index in [1.807, 2.05) is 39.2 Å². The number of anilines is 1. The lowest BCUT2D eigenvalue weighted by molar-refractivity contribution is -0.119. The fourth-order valence-corrected chi connectivity index (χ4v) is 4.38. The molecule has 0 spiro atoms. The minimum absolute atomic E-state index is 0.203. The molecular weight excluding hydrogens is 410 g/mol. The highest BCUT2D eigenvalue weighted by Crippen LogP contribution is 2.25. The smallest absolute Gasteiger partial charge is 0.261 e. The second-order valence-corrected chi connectivity index (χ2v) is 9.73. The first kappa shape index (κ1) is 22.9. The van der Waals surface area contributed by atoms with E-state index in [0.29, 0.717) is 30.5 Å². The highest BCUT2D eigenvalue weighted by Gasteiger charge is 2.16. The summed E-state index contributed by atoms with van der Waals surface area (Å²) in [7, 11) is 0.263. The molecular formula is C24H29N3O3S. The standard InChI is InChI=1S/C24H29N3O3S/c1-18-9-15-22(16-10-18)31(29,30)26-23-8-4-6-19-11-12-20(25-24(19)23)13-14-21(28)7-5-17-27(2)3/h4,6,8-12,15-16,26H,5,7,13-14,17H2,1-3H3. The molecule has 0 saturated carbocycles. The number of carbonyl (C=O) groups is 1. The molecule has 0 fully saturated rings. The van der Waals surface area contributed by atoms with Gasteiger partial charge in [-0.2, -0.15) is 0 Å². The first-order valence-electron chi connectivity index (χ1n) is 10.4. The summed E-state index contributed by atoms with van der Waals surface area (Å²) >= 11 is 0. The van der Waals surface area contributed by atoms with Crippen LogP contribution in [0.1, 0.15) is 30.5 Å². The highest BCUT2D eigenvalue weighted by molar-refractivity contribution is 7.92. The van der Waals surface area contributed by atoms with Crippen LogP contribution in [-0.4, -0.2) is 44.7 Å². The lowest BCUT2D eigenvalue weighted by Crippen LogP contribution is -2.14. The van der Waals surface area contributed by atoms with Crippen molar-refractivity contribution in [2.75, 3.05) is 25.4 Å². The Morgan fingerprint density at radius 1 is 1.00 bits per heavy atom. The normalized spacial score (nSPS) is 11.7. The molecule has 0 atom stereocenters. The summed E-state index contributed by atoms with van der Waals surface area (Å²) < 4.78 is 28.3. The number of sulfonamides is 1. The third-order valence-electron chi connectivity index (χ3n) is 5.07. The summed E-state index contributed by atoms with van der Waals surface area (Å²) in [4.78, 5) is 19.1. The second-order valence-electron chi connectivity index (χ2n) is 8.04. The number of hydrogen-bond acceptors (Lipinski definition) is 5. The SMILES string of the molecule is Cc1ccc(S(=O)(=O)Nc2cccc3ccc(CCC(=O)CCCN(C)C)nc23)cc1. The van der Waals surface area contributed by atoms with Gasteiger partial charge in [0.25, 0.3) is 10.0 Å². The van der Waals surface area contributed by atoms with Gasteiger partial charge in [0.15, 0.2) is 0 Å². The van der Waals surface area contributed by atoms with E-state index in [1.165, 1.54) is 0 Å². The minimum Gasteiger partial charge on any atom is -0.309 e. The molecule has 1 N–H and O–H groups in total. The molecule has 1 aromatic heterocycles. The first-order chi connectivity index (χ1) is 14.7. The molecule has 3 aromatic rings. The van der Waals surface area contributed by atoms with Gasteiger partial charge in [0.05, 0.1) is 16.1 Å². The number of fused-ring (bicyclic) bond motifs is 1. The lowest BCUT2D eigenvalue weighted by atomic mass is 10.1. The topological polar surface area (TPSA) is 79.4 Å². The fraction of sp³-hybridized carbons (Fsp3) is 0.333. The first-order valence-corrected chi connectivity index (χ1v) is 11.9. The monoisotopic (exact) mass is 439 g/mol. The van der Waals surface area contributed by atoms with Crippen molar-refractivity contribution in [1.82, 2.24) is 9.88 Å². The summed E-state index contributed by atoms with van der Waals surface area (Å²) in [5, 5.41) is 0.838. The van der Waals surface area contributed by atoms with E-state index in [9.17, 15) is 13.2 Å². The van der Waals surface area contributed by atoms with Gasteiger partial charge >= 0.3 is 0 Å². The second kappa shape index (κ2) is 10.0. The number of nitrogens with zero attached hydrogens (tertiary/aromatic N) is 2. The molecule has 0 saturated heterocycles. The molecule has 0 aliphatic carbocycles. The van der Waals surface area contributed by atoms with Gasteiger partial charge in [-0.1, -0.05) is 35.9 Å². The van der Waals surface area contributed by atoms with Crippen molar-refractivity contribution in [3.05, 3.63) is 65.9 Å². The van der Waals surface area contributed by atoms with Crippen molar-refractivity contribution in [1.29, 1.82) is 0 Å². The fourth-order valence-electron chi connectivity index (χ4n) is 3.32. The van der Waals surface area contributed by atoms with E-state index < -0.39 is 10.0 Å². The van der Waals surface area contributed by atoms with Gasteiger partial charge in [0, 0.05) is 23.9 Å². The van der Waals surface area contributed by atoms with Gasteiger partial charge in [-0.25, -0.2) is 8.42 Å². The van der Waals surface area contributed by atoms with Crippen molar-refractivity contribution < 1.29 is 13.2 Å². The predicted octanol–water partition coefficient (Wildman–Crippen LogP) is 4.19. The van der Waals surface area contributed by atoms with Crippen LogP contribution >= 0.6 is 0 Å². The Labute approximate surface area is 184 Å². The zero-order valence-corrected chi connectivity index (χ0v) is 19.1. The van der Waals surface area contributed by atoms with E-state index in [1.54, 1.807) is 36.4 Å². The number of aryl methyl sites for hydroxylation is 2. The molecule has 3 rings (SSSR count). The third kappa shape index (κ3) is 6.35. The van der Waals surface area contributed by atoms with Crippen LogP contribution in [0.15, 0.2) is 59.5 Å². The van der Waals surface area contributed by atoms with E-state index in [2.05, 4.69) is 14.6 Å². The number of benzene rings is 2. The maximum absolute atomic E-state index is 12.8. The van der Waals surface area contributed by atoms with Crippen LogP contribution in [0.25, 0.3) is 10.9 Å². The molecule has 6 nitrogen and oxygen atoms in total. The van der Waals surface area contributed by atoms with E-state index >= 15 is 0 Å². The number of Topliss-reactive ketones (excluding diaryl/α,β-unsaturated/α-hetero) is 1. The molecule has 1 heterocycles. The highest BCUT2D eigenvalue weighted by atomic mass is 32.2. The zero-order chi connectivity index (χ0) is 22.4. The van der Waals surface area contributed by atoms with E-state index in [4.69, 9.17) is 0 Å².